The first-order valence-corrected chi connectivity index (χ1v) is 7.51. The molecule has 1 unspecified atom stereocenters. The first-order valence-electron chi connectivity index (χ1n) is 5.65. The Balaban J connectivity index is 0.00000400. The van der Waals surface area contributed by atoms with Crippen LogP contribution in [0.15, 0.2) is 23.1 Å². The van der Waals surface area contributed by atoms with Gasteiger partial charge >= 0.3 is 6.18 Å². The molecule has 0 aliphatic heterocycles. The highest BCUT2D eigenvalue weighted by Crippen LogP contribution is 2.32. The summed E-state index contributed by atoms with van der Waals surface area (Å²) in [5, 5.41) is -0.299. The van der Waals surface area contributed by atoms with Crippen LogP contribution in [0.25, 0.3) is 0 Å². The van der Waals surface area contributed by atoms with E-state index in [0.29, 0.717) is 18.6 Å². The van der Waals surface area contributed by atoms with Gasteiger partial charge in [0.1, 0.15) is 0 Å². The van der Waals surface area contributed by atoms with Gasteiger partial charge in [0.25, 0.3) is 0 Å². The molecule has 1 rings (SSSR count). The zero-order valence-electron chi connectivity index (χ0n) is 10.9. The third-order valence-electron chi connectivity index (χ3n) is 2.40. The van der Waals surface area contributed by atoms with Crippen molar-refractivity contribution in [2.45, 2.75) is 30.5 Å². The lowest BCUT2D eigenvalue weighted by Crippen LogP contribution is -2.29. The molecule has 4 nitrogen and oxygen atoms in total. The predicted octanol–water partition coefficient (Wildman–Crippen LogP) is 2.80. The number of nitrogens with one attached hydrogen (secondary N) is 1. The van der Waals surface area contributed by atoms with Crippen molar-refractivity contribution in [1.82, 2.24) is 4.72 Å². The van der Waals surface area contributed by atoms with E-state index in [1.165, 1.54) is 0 Å². The highest BCUT2D eigenvalue weighted by Gasteiger charge is 2.32. The first kappa shape index (κ1) is 20.5. The molecule has 0 bridgehead atoms. The van der Waals surface area contributed by atoms with Gasteiger partial charge in [-0.2, -0.15) is 13.2 Å². The minimum absolute atomic E-state index is 0. The Morgan fingerprint density at radius 3 is 2.38 bits per heavy atom. The molecule has 21 heavy (non-hydrogen) atoms. The minimum Gasteiger partial charge on any atom is -0.328 e. The average Bonchev–Trinajstić information content (AvgIpc) is 2.26. The molecule has 10 heteroatoms. The van der Waals surface area contributed by atoms with Gasteiger partial charge in [0, 0.05) is 17.6 Å². The third-order valence-corrected chi connectivity index (χ3v) is 4.06. The van der Waals surface area contributed by atoms with Crippen LogP contribution < -0.4 is 10.5 Å². The van der Waals surface area contributed by atoms with Gasteiger partial charge < -0.3 is 5.73 Å². The largest absolute Gasteiger partial charge is 0.416 e. The summed E-state index contributed by atoms with van der Waals surface area (Å²) in [5.74, 6) is 0. The topological polar surface area (TPSA) is 72.2 Å². The molecular weight excluding hydrogens is 352 g/mol. The van der Waals surface area contributed by atoms with E-state index >= 15 is 0 Å². The summed E-state index contributed by atoms with van der Waals surface area (Å²) in [7, 11) is -4.05. The minimum atomic E-state index is -4.67. The summed E-state index contributed by atoms with van der Waals surface area (Å²) in [6.45, 7) is 1.73. The molecule has 0 aliphatic rings. The fourth-order valence-corrected chi connectivity index (χ4v) is 2.80. The fraction of sp³-hybridized carbons (Fsp3) is 0.455. The molecule has 0 aromatic heterocycles. The normalized spacial score (nSPS) is 13.6. The molecule has 0 aliphatic carbocycles. The summed E-state index contributed by atoms with van der Waals surface area (Å²) >= 11 is 5.53. The number of hydrogen-bond donors (Lipinski definition) is 2. The lowest BCUT2D eigenvalue weighted by molar-refractivity contribution is -0.137. The molecule has 0 heterocycles. The van der Waals surface area contributed by atoms with E-state index in [4.69, 9.17) is 17.3 Å². The molecule has 3 N–H and O–H groups in total. The van der Waals surface area contributed by atoms with E-state index in [0.717, 1.165) is 6.07 Å². The van der Waals surface area contributed by atoms with Gasteiger partial charge in [-0.1, -0.05) is 11.6 Å². The van der Waals surface area contributed by atoms with Gasteiger partial charge in [-0.25, -0.2) is 13.1 Å². The lowest BCUT2D eigenvalue weighted by atomic mass is 10.2. The van der Waals surface area contributed by atoms with Crippen LogP contribution in [0.3, 0.4) is 0 Å². The van der Waals surface area contributed by atoms with Crippen molar-refractivity contribution >= 4 is 34.0 Å². The quantitative estimate of drug-likeness (QED) is 0.841. The molecule has 0 radical (unpaired) electrons. The molecule has 0 spiro atoms. The number of benzene rings is 1. The van der Waals surface area contributed by atoms with Crippen LogP contribution >= 0.6 is 24.0 Å². The van der Waals surface area contributed by atoms with Gasteiger partial charge in [0.05, 0.1) is 10.5 Å². The number of sulfonamides is 1. The maximum Gasteiger partial charge on any atom is 0.416 e. The molecule has 1 aromatic rings. The third kappa shape index (κ3) is 6.39. The van der Waals surface area contributed by atoms with E-state index in [1.54, 1.807) is 6.92 Å². The van der Waals surface area contributed by atoms with E-state index < -0.39 is 26.7 Å². The maximum atomic E-state index is 12.6. The van der Waals surface area contributed by atoms with E-state index in [1.807, 2.05) is 0 Å². The van der Waals surface area contributed by atoms with Crippen molar-refractivity contribution in [2.75, 3.05) is 6.54 Å². The lowest BCUT2D eigenvalue weighted by Gasteiger charge is -2.12. The van der Waals surface area contributed by atoms with E-state index in [9.17, 15) is 21.6 Å². The smallest absolute Gasteiger partial charge is 0.328 e. The second-order valence-electron chi connectivity index (χ2n) is 4.34. The molecule has 0 saturated carbocycles. The van der Waals surface area contributed by atoms with Crippen molar-refractivity contribution in [3.63, 3.8) is 0 Å². The van der Waals surface area contributed by atoms with Crippen molar-refractivity contribution in [2.24, 2.45) is 5.73 Å². The van der Waals surface area contributed by atoms with Crippen molar-refractivity contribution in [3.05, 3.63) is 28.8 Å². The zero-order chi connectivity index (χ0) is 15.6. The van der Waals surface area contributed by atoms with Crippen molar-refractivity contribution in [3.8, 4) is 0 Å². The Kier molecular flexibility index (Phi) is 7.44. The van der Waals surface area contributed by atoms with Crippen LogP contribution in [-0.2, 0) is 16.2 Å². The highest BCUT2D eigenvalue weighted by atomic mass is 35.5. The molecule has 0 amide bonds. The van der Waals surface area contributed by atoms with Crippen molar-refractivity contribution < 1.29 is 21.6 Å². The summed E-state index contributed by atoms with van der Waals surface area (Å²) in [6.07, 6.45) is -4.30. The Morgan fingerprint density at radius 1 is 1.33 bits per heavy atom. The second kappa shape index (κ2) is 7.64. The number of nitrogens with two attached hydrogens (primary N) is 1. The number of alkyl halides is 3. The standard InChI is InChI=1S/C11H14ClF3N2O2S.ClH/c1-7(16)2-3-17-20(18,19)10-5-8(11(13,14)15)4-9(12)6-10;/h4-7,17H,2-3,16H2,1H3;1H. The predicted molar refractivity (Wildman–Crippen MR) is 77.2 cm³/mol. The molecule has 0 saturated heterocycles. The Hall–Kier alpha value is -0.540. The first-order chi connectivity index (χ1) is 9.02. The van der Waals surface area contributed by atoms with Gasteiger partial charge in [-0.3, -0.25) is 0 Å². The van der Waals surface area contributed by atoms with Gasteiger partial charge in [0.15, 0.2) is 0 Å². The summed E-state index contributed by atoms with van der Waals surface area (Å²) in [5.41, 5.74) is 4.35. The summed E-state index contributed by atoms with van der Waals surface area (Å²) in [4.78, 5) is -0.526. The monoisotopic (exact) mass is 366 g/mol. The maximum absolute atomic E-state index is 12.6. The van der Waals surface area contributed by atoms with Crippen LogP contribution in [0.1, 0.15) is 18.9 Å². The van der Waals surface area contributed by atoms with E-state index in [-0.39, 0.29) is 30.0 Å². The summed E-state index contributed by atoms with van der Waals surface area (Å²) in [6, 6.07) is 1.95. The second-order valence-corrected chi connectivity index (χ2v) is 6.54. The van der Waals surface area contributed by atoms with Crippen molar-refractivity contribution in [1.29, 1.82) is 0 Å². The molecular formula is C11H15Cl2F3N2O2S. The fourth-order valence-electron chi connectivity index (χ4n) is 1.39. The molecule has 0 fully saturated rings. The number of hydrogen-bond acceptors (Lipinski definition) is 3. The Labute approximate surface area is 132 Å². The van der Waals surface area contributed by atoms with Crippen LogP contribution in [0.2, 0.25) is 5.02 Å². The average molecular weight is 367 g/mol. The molecule has 1 atom stereocenters. The number of halogens is 5. The van der Waals surface area contributed by atoms with Gasteiger partial charge in [-0.05, 0) is 31.5 Å². The molecule has 122 valence electrons. The SMILES string of the molecule is CC(N)CCNS(=O)(=O)c1cc(Cl)cc(C(F)(F)F)c1.Cl. The number of rotatable bonds is 5. The Bertz CT molecular complexity index is 577. The highest BCUT2D eigenvalue weighted by molar-refractivity contribution is 7.89. The van der Waals surface area contributed by atoms with Crippen LogP contribution in [0.5, 0.6) is 0 Å². The summed E-state index contributed by atoms with van der Waals surface area (Å²) < 4.78 is 63.7. The van der Waals surface area contributed by atoms with Crippen LogP contribution in [0.4, 0.5) is 13.2 Å². The molecule has 1 aromatic carbocycles. The Morgan fingerprint density at radius 2 is 1.90 bits per heavy atom. The van der Waals surface area contributed by atoms with Crippen LogP contribution in [0, 0.1) is 0 Å². The van der Waals surface area contributed by atoms with Gasteiger partial charge in [-0.15, -0.1) is 12.4 Å². The van der Waals surface area contributed by atoms with Crippen LogP contribution in [-0.4, -0.2) is 21.0 Å². The zero-order valence-corrected chi connectivity index (χ0v) is 13.3. The van der Waals surface area contributed by atoms with E-state index in [2.05, 4.69) is 4.72 Å². The van der Waals surface area contributed by atoms with Gasteiger partial charge in [0.2, 0.25) is 10.0 Å².